The average molecular weight is 412 g/mol. The summed E-state index contributed by atoms with van der Waals surface area (Å²) in [6.45, 7) is 2.32. The van der Waals surface area contributed by atoms with E-state index in [0.29, 0.717) is 44.0 Å². The first-order chi connectivity index (χ1) is 14.1. The second-order valence-electron chi connectivity index (χ2n) is 6.88. The summed E-state index contributed by atoms with van der Waals surface area (Å²) in [5.41, 5.74) is 2.20. The van der Waals surface area contributed by atoms with Crippen LogP contribution in [0.2, 0.25) is 0 Å². The van der Waals surface area contributed by atoms with Gasteiger partial charge in [-0.25, -0.2) is 9.37 Å². The summed E-state index contributed by atoms with van der Waals surface area (Å²) in [6, 6.07) is 14.6. The van der Waals surface area contributed by atoms with E-state index in [2.05, 4.69) is 4.98 Å². The van der Waals surface area contributed by atoms with Crippen LogP contribution in [-0.2, 0) is 6.42 Å². The predicted molar refractivity (Wildman–Crippen MR) is 112 cm³/mol. The van der Waals surface area contributed by atoms with E-state index in [-0.39, 0.29) is 11.7 Å². The van der Waals surface area contributed by atoms with Crippen LogP contribution in [0.25, 0.3) is 0 Å². The number of benzene rings is 2. The van der Waals surface area contributed by atoms with Crippen LogP contribution in [0.15, 0.2) is 53.9 Å². The lowest BCUT2D eigenvalue weighted by Crippen LogP contribution is -2.49. The number of piperazine rings is 1. The molecule has 1 saturated heterocycles. The second kappa shape index (κ2) is 8.61. The van der Waals surface area contributed by atoms with Gasteiger partial charge < -0.3 is 14.5 Å². The maximum Gasteiger partial charge on any atom is 0.273 e. The van der Waals surface area contributed by atoms with Crippen LogP contribution in [0.1, 0.15) is 21.1 Å². The van der Waals surface area contributed by atoms with Crippen molar-refractivity contribution < 1.29 is 13.9 Å². The fraction of sp³-hybridized carbons (Fsp3) is 0.273. The second-order valence-corrected chi connectivity index (χ2v) is 7.82. The van der Waals surface area contributed by atoms with Crippen LogP contribution in [0.3, 0.4) is 0 Å². The highest BCUT2D eigenvalue weighted by molar-refractivity contribution is 7.09. The van der Waals surface area contributed by atoms with Crippen molar-refractivity contribution in [2.45, 2.75) is 6.42 Å². The Labute approximate surface area is 173 Å². The zero-order valence-electron chi connectivity index (χ0n) is 16.2. The molecule has 0 bridgehead atoms. The van der Waals surface area contributed by atoms with Crippen LogP contribution in [0.5, 0.6) is 5.75 Å². The number of aromatic nitrogens is 1. The van der Waals surface area contributed by atoms with Crippen molar-refractivity contribution in [1.82, 2.24) is 9.88 Å². The Morgan fingerprint density at radius 2 is 1.83 bits per heavy atom. The zero-order chi connectivity index (χ0) is 20.2. The third-order valence-corrected chi connectivity index (χ3v) is 5.89. The molecule has 0 unspecified atom stereocenters. The Bertz CT molecular complexity index is 982. The van der Waals surface area contributed by atoms with Gasteiger partial charge in [0.15, 0.2) is 0 Å². The number of carbonyl (C=O) groups excluding carboxylic acids is 1. The number of anilines is 1. The molecule has 150 valence electrons. The van der Waals surface area contributed by atoms with Crippen molar-refractivity contribution in [3.8, 4) is 5.75 Å². The van der Waals surface area contributed by atoms with Gasteiger partial charge in [0.05, 0.1) is 17.8 Å². The maximum absolute atomic E-state index is 14.0. The van der Waals surface area contributed by atoms with E-state index in [1.165, 1.54) is 17.4 Å². The van der Waals surface area contributed by atoms with Crippen molar-refractivity contribution in [2.75, 3.05) is 38.2 Å². The number of carbonyl (C=O) groups is 1. The molecule has 3 aromatic rings. The molecule has 0 N–H and O–H groups in total. The minimum absolute atomic E-state index is 0.0598. The first-order valence-electron chi connectivity index (χ1n) is 9.50. The van der Waals surface area contributed by atoms with Gasteiger partial charge in [-0.2, -0.15) is 0 Å². The van der Waals surface area contributed by atoms with Crippen LogP contribution in [-0.4, -0.2) is 49.1 Å². The number of halogens is 1. The molecular weight excluding hydrogens is 389 g/mol. The number of methoxy groups -OCH3 is 1. The summed E-state index contributed by atoms with van der Waals surface area (Å²) in [6.07, 6.45) is 0.684. The van der Waals surface area contributed by atoms with Crippen LogP contribution in [0, 0.1) is 5.82 Å². The molecule has 0 atom stereocenters. The predicted octanol–water partition coefficient (Wildman–Crippen LogP) is 3.84. The van der Waals surface area contributed by atoms with Gasteiger partial charge in [0.2, 0.25) is 0 Å². The monoisotopic (exact) mass is 411 g/mol. The molecule has 29 heavy (non-hydrogen) atoms. The topological polar surface area (TPSA) is 45.7 Å². The minimum Gasteiger partial charge on any atom is -0.497 e. The summed E-state index contributed by atoms with van der Waals surface area (Å²) in [4.78, 5) is 21.1. The Balaban J connectivity index is 1.36. The van der Waals surface area contributed by atoms with Gasteiger partial charge >= 0.3 is 0 Å². The number of amides is 1. The van der Waals surface area contributed by atoms with E-state index in [0.717, 1.165) is 16.3 Å². The van der Waals surface area contributed by atoms with Crippen molar-refractivity contribution >= 4 is 22.9 Å². The quantitative estimate of drug-likeness (QED) is 0.640. The van der Waals surface area contributed by atoms with Crippen molar-refractivity contribution in [2.24, 2.45) is 0 Å². The fourth-order valence-electron chi connectivity index (χ4n) is 3.43. The number of para-hydroxylation sites is 1. The average Bonchev–Trinajstić information content (AvgIpc) is 3.23. The molecule has 2 heterocycles. The van der Waals surface area contributed by atoms with Crippen LogP contribution < -0.4 is 9.64 Å². The Morgan fingerprint density at radius 1 is 1.10 bits per heavy atom. The molecule has 1 aliphatic heterocycles. The van der Waals surface area contributed by atoms with E-state index in [9.17, 15) is 9.18 Å². The molecular formula is C22H22FN3O2S. The molecule has 4 rings (SSSR count). The molecule has 1 aromatic heterocycles. The molecule has 0 spiro atoms. The number of rotatable bonds is 5. The van der Waals surface area contributed by atoms with Crippen molar-refractivity contribution in [1.29, 1.82) is 0 Å². The molecule has 5 nitrogen and oxygen atoms in total. The lowest BCUT2D eigenvalue weighted by molar-refractivity contribution is 0.0741. The normalized spacial score (nSPS) is 14.1. The molecule has 2 aromatic carbocycles. The number of ether oxygens (including phenoxy) is 1. The lowest BCUT2D eigenvalue weighted by atomic mass is 10.1. The van der Waals surface area contributed by atoms with Gasteiger partial charge in [-0.1, -0.05) is 24.3 Å². The van der Waals surface area contributed by atoms with E-state index >= 15 is 0 Å². The van der Waals surface area contributed by atoms with E-state index in [1.807, 2.05) is 40.6 Å². The maximum atomic E-state index is 14.0. The third kappa shape index (κ3) is 4.40. The third-order valence-electron chi connectivity index (χ3n) is 5.05. The minimum atomic E-state index is -0.227. The highest BCUT2D eigenvalue weighted by atomic mass is 32.1. The number of hydrogen-bond acceptors (Lipinski definition) is 5. The molecule has 0 saturated carbocycles. The molecule has 0 aliphatic carbocycles. The SMILES string of the molecule is COc1ccc(Cc2nc(C(=O)N3CCN(c4ccccc4F)CC3)cs2)cc1. The highest BCUT2D eigenvalue weighted by Crippen LogP contribution is 2.22. The number of nitrogens with zero attached hydrogens (tertiary/aromatic N) is 3. The van der Waals surface area contributed by atoms with Gasteiger partial charge in [0.1, 0.15) is 17.3 Å². The van der Waals surface area contributed by atoms with Gasteiger partial charge in [-0.15, -0.1) is 11.3 Å². The first kappa shape index (κ1) is 19.4. The summed E-state index contributed by atoms with van der Waals surface area (Å²) in [7, 11) is 1.64. The van der Waals surface area contributed by atoms with E-state index in [4.69, 9.17) is 4.74 Å². The van der Waals surface area contributed by atoms with Crippen LogP contribution in [0.4, 0.5) is 10.1 Å². The highest BCUT2D eigenvalue weighted by Gasteiger charge is 2.25. The van der Waals surface area contributed by atoms with E-state index in [1.54, 1.807) is 24.1 Å². The smallest absolute Gasteiger partial charge is 0.273 e. The largest absolute Gasteiger partial charge is 0.497 e. The lowest BCUT2D eigenvalue weighted by Gasteiger charge is -2.35. The van der Waals surface area contributed by atoms with Crippen LogP contribution >= 0.6 is 11.3 Å². The molecule has 1 amide bonds. The van der Waals surface area contributed by atoms with Gasteiger partial charge in [-0.05, 0) is 29.8 Å². The van der Waals surface area contributed by atoms with Gasteiger partial charge in [0, 0.05) is 38.0 Å². The summed E-state index contributed by atoms with van der Waals surface area (Å²) >= 11 is 1.50. The first-order valence-corrected chi connectivity index (χ1v) is 10.4. The standard InChI is InChI=1S/C22H22FN3O2S/c1-28-17-8-6-16(7-9-17)14-21-24-19(15-29-21)22(27)26-12-10-25(11-13-26)20-5-3-2-4-18(20)23/h2-9,15H,10-14H2,1H3. The summed E-state index contributed by atoms with van der Waals surface area (Å²) in [5.74, 6) is 0.531. The molecule has 1 fully saturated rings. The van der Waals surface area contributed by atoms with Gasteiger partial charge in [0.25, 0.3) is 5.91 Å². The summed E-state index contributed by atoms with van der Waals surface area (Å²) in [5, 5.41) is 2.73. The number of hydrogen-bond donors (Lipinski definition) is 0. The van der Waals surface area contributed by atoms with E-state index < -0.39 is 0 Å². The fourth-order valence-corrected chi connectivity index (χ4v) is 4.23. The molecule has 7 heteroatoms. The molecule has 0 radical (unpaired) electrons. The Hall–Kier alpha value is -2.93. The molecule has 1 aliphatic rings. The van der Waals surface area contributed by atoms with Crippen molar-refractivity contribution in [3.63, 3.8) is 0 Å². The summed E-state index contributed by atoms with van der Waals surface area (Å²) < 4.78 is 19.2. The van der Waals surface area contributed by atoms with Gasteiger partial charge in [-0.3, -0.25) is 4.79 Å². The Kier molecular flexibility index (Phi) is 5.76. The Morgan fingerprint density at radius 3 is 2.52 bits per heavy atom. The zero-order valence-corrected chi connectivity index (χ0v) is 17.0. The van der Waals surface area contributed by atoms with Crippen molar-refractivity contribution in [3.05, 3.63) is 76.0 Å². The number of thiazole rings is 1.